The zero-order valence-corrected chi connectivity index (χ0v) is 20.0. The highest BCUT2D eigenvalue weighted by Gasteiger charge is 2.56. The second kappa shape index (κ2) is 9.14. The number of aliphatic carboxylic acids is 1. The molecule has 35 heavy (non-hydrogen) atoms. The molecule has 1 unspecified atom stereocenters. The fraction of sp³-hybridized carbons (Fsp3) is 0.308. The van der Waals surface area contributed by atoms with E-state index in [1.807, 2.05) is 36.4 Å². The number of rotatable bonds is 8. The summed E-state index contributed by atoms with van der Waals surface area (Å²) in [5.74, 6) is -1.61. The first-order valence-corrected chi connectivity index (χ1v) is 12.3. The molecule has 1 fully saturated rings. The van der Waals surface area contributed by atoms with Crippen LogP contribution in [0, 0.1) is 0 Å². The smallest absolute Gasteiger partial charge is 0.407 e. The maximum absolute atomic E-state index is 13.3. The van der Waals surface area contributed by atoms with Gasteiger partial charge in [0.1, 0.15) is 18.2 Å². The molecule has 2 aliphatic rings. The zero-order valence-electron chi connectivity index (χ0n) is 19.1. The third-order valence-electron chi connectivity index (χ3n) is 6.92. The van der Waals surface area contributed by atoms with Gasteiger partial charge < -0.3 is 20.1 Å². The first-order valence-electron chi connectivity index (χ1n) is 11.4. The molecule has 2 aromatic carbocycles. The van der Waals surface area contributed by atoms with E-state index in [4.69, 9.17) is 4.74 Å². The maximum atomic E-state index is 13.3. The number of nitrogens with one attached hydrogen (secondary N) is 1. The van der Waals surface area contributed by atoms with Crippen molar-refractivity contribution in [2.75, 3.05) is 13.7 Å². The van der Waals surface area contributed by atoms with Crippen molar-refractivity contribution in [1.29, 1.82) is 0 Å². The number of hydrogen-bond acceptors (Lipinski definition) is 6. The second-order valence-electron chi connectivity index (χ2n) is 8.93. The predicted molar refractivity (Wildman–Crippen MR) is 130 cm³/mol. The second-order valence-corrected chi connectivity index (χ2v) is 9.90. The number of hydrogen-bond donors (Lipinski definition) is 2. The van der Waals surface area contributed by atoms with Crippen molar-refractivity contribution in [3.63, 3.8) is 0 Å². The van der Waals surface area contributed by atoms with Gasteiger partial charge in [-0.3, -0.25) is 9.78 Å². The summed E-state index contributed by atoms with van der Waals surface area (Å²) in [5, 5.41) is 12.3. The van der Waals surface area contributed by atoms with Crippen LogP contribution in [0.1, 0.15) is 34.8 Å². The number of thiazole rings is 1. The molecule has 0 spiro atoms. The van der Waals surface area contributed by atoms with Crippen LogP contribution in [-0.4, -0.2) is 58.2 Å². The van der Waals surface area contributed by atoms with Crippen LogP contribution in [-0.2, 0) is 20.7 Å². The summed E-state index contributed by atoms with van der Waals surface area (Å²) in [7, 11) is 1.47. The fourth-order valence-corrected chi connectivity index (χ4v) is 5.42. The van der Waals surface area contributed by atoms with Gasteiger partial charge in [0.25, 0.3) is 0 Å². The summed E-state index contributed by atoms with van der Waals surface area (Å²) in [6.07, 6.45) is 1.90. The monoisotopic (exact) mass is 491 g/mol. The minimum absolute atomic E-state index is 0.104. The van der Waals surface area contributed by atoms with E-state index in [-0.39, 0.29) is 18.9 Å². The van der Waals surface area contributed by atoms with Crippen LogP contribution in [0.15, 0.2) is 60.2 Å². The third-order valence-corrected chi connectivity index (χ3v) is 7.72. The number of nitrogens with zero attached hydrogens (tertiary/aromatic N) is 2. The third kappa shape index (κ3) is 4.27. The summed E-state index contributed by atoms with van der Waals surface area (Å²) < 4.78 is 5.62. The van der Waals surface area contributed by atoms with Gasteiger partial charge in [0.15, 0.2) is 0 Å². The topological polar surface area (TPSA) is 109 Å². The number of carboxylic acid groups (broad SMARTS) is 1. The first kappa shape index (κ1) is 23.0. The van der Waals surface area contributed by atoms with E-state index >= 15 is 0 Å². The van der Waals surface area contributed by atoms with Gasteiger partial charge in [-0.1, -0.05) is 48.5 Å². The van der Waals surface area contributed by atoms with E-state index < -0.39 is 29.6 Å². The lowest BCUT2D eigenvalue weighted by molar-refractivity contribution is -0.151. The standard InChI is InChI=1S/C26H25N3O5S/c1-29(26(10-11-26)24(31)32)23(30)22(12-16-13-27-15-35-16)28-25(33)34-14-21-19-8-4-2-6-17(19)18-7-3-5-9-20(18)21/h2-9,13,15,21-22H,10-12,14H2,1H3,(H,28,33)(H,31,32). The van der Waals surface area contributed by atoms with E-state index in [2.05, 4.69) is 22.4 Å². The Kier molecular flexibility index (Phi) is 6.02. The Morgan fingerprint density at radius 1 is 1.14 bits per heavy atom. The van der Waals surface area contributed by atoms with Gasteiger partial charge in [0.05, 0.1) is 5.51 Å². The molecule has 0 saturated heterocycles. The Morgan fingerprint density at radius 2 is 1.77 bits per heavy atom. The van der Waals surface area contributed by atoms with Crippen molar-refractivity contribution in [2.24, 2.45) is 0 Å². The van der Waals surface area contributed by atoms with Crippen molar-refractivity contribution >= 4 is 29.3 Å². The Bertz CT molecular complexity index is 1230. The molecule has 1 saturated carbocycles. The van der Waals surface area contributed by atoms with Crippen molar-refractivity contribution < 1.29 is 24.2 Å². The van der Waals surface area contributed by atoms with Gasteiger partial charge in [-0.2, -0.15) is 0 Å². The van der Waals surface area contributed by atoms with E-state index in [0.29, 0.717) is 12.8 Å². The Hall–Kier alpha value is -3.72. The summed E-state index contributed by atoms with van der Waals surface area (Å²) >= 11 is 1.36. The lowest BCUT2D eigenvalue weighted by Crippen LogP contribution is -2.54. The molecule has 8 nitrogen and oxygen atoms in total. The van der Waals surface area contributed by atoms with E-state index in [9.17, 15) is 19.5 Å². The quantitative estimate of drug-likeness (QED) is 0.498. The highest BCUT2D eigenvalue weighted by atomic mass is 32.1. The average Bonchev–Trinajstić information content (AvgIpc) is 3.41. The molecule has 1 aromatic heterocycles. The van der Waals surface area contributed by atoms with Gasteiger partial charge in [-0.25, -0.2) is 9.59 Å². The number of alkyl carbamates (subject to hydrolysis) is 1. The fourth-order valence-electron chi connectivity index (χ4n) is 4.78. The molecule has 180 valence electrons. The van der Waals surface area contributed by atoms with Gasteiger partial charge in [-0.15, -0.1) is 11.3 Å². The minimum Gasteiger partial charge on any atom is -0.479 e. The highest BCUT2D eigenvalue weighted by Crippen LogP contribution is 2.44. The Labute approximate surface area is 206 Å². The molecule has 2 amide bonds. The number of benzene rings is 2. The molecule has 1 heterocycles. The summed E-state index contributed by atoms with van der Waals surface area (Å²) in [5.41, 5.74) is 4.88. The zero-order chi connectivity index (χ0) is 24.6. The number of carbonyl (C=O) groups is 3. The van der Waals surface area contributed by atoms with Crippen LogP contribution in [0.5, 0.6) is 0 Å². The minimum atomic E-state index is -1.20. The summed E-state index contributed by atoms with van der Waals surface area (Å²) in [6, 6.07) is 15.1. The van der Waals surface area contributed by atoms with Crippen molar-refractivity contribution in [3.8, 4) is 11.1 Å². The lowest BCUT2D eigenvalue weighted by Gasteiger charge is -2.29. The number of fused-ring (bicyclic) bond motifs is 3. The van der Waals surface area contributed by atoms with Crippen molar-refractivity contribution in [3.05, 3.63) is 76.2 Å². The number of amides is 2. The van der Waals surface area contributed by atoms with Gasteiger partial charge >= 0.3 is 12.1 Å². The van der Waals surface area contributed by atoms with Crippen LogP contribution in [0.2, 0.25) is 0 Å². The summed E-state index contributed by atoms with van der Waals surface area (Å²) in [6.45, 7) is 0.121. The van der Waals surface area contributed by atoms with E-state index in [1.165, 1.54) is 23.3 Å². The maximum Gasteiger partial charge on any atom is 0.407 e. The van der Waals surface area contributed by atoms with Crippen LogP contribution < -0.4 is 5.32 Å². The molecule has 3 aromatic rings. The number of carbonyl (C=O) groups excluding carboxylic acids is 2. The molecule has 9 heteroatoms. The van der Waals surface area contributed by atoms with Gasteiger partial charge in [-0.05, 0) is 35.1 Å². The van der Waals surface area contributed by atoms with Crippen LogP contribution in [0.4, 0.5) is 4.79 Å². The number of ether oxygens (including phenoxy) is 1. The van der Waals surface area contributed by atoms with E-state index in [0.717, 1.165) is 27.1 Å². The molecule has 1 atom stereocenters. The molecule has 0 aliphatic heterocycles. The molecular formula is C26H25N3O5S. The highest BCUT2D eigenvalue weighted by molar-refractivity contribution is 7.09. The molecule has 2 aliphatic carbocycles. The van der Waals surface area contributed by atoms with E-state index in [1.54, 1.807) is 11.7 Å². The molecule has 2 N–H and O–H groups in total. The number of likely N-dealkylation sites (N-methyl/N-ethyl adjacent to an activating group) is 1. The number of aromatic nitrogens is 1. The Morgan fingerprint density at radius 3 is 2.31 bits per heavy atom. The average molecular weight is 492 g/mol. The Balaban J connectivity index is 1.30. The molecular weight excluding hydrogens is 466 g/mol. The molecule has 0 radical (unpaired) electrons. The van der Waals surface area contributed by atoms with Crippen LogP contribution in [0.25, 0.3) is 11.1 Å². The first-order chi connectivity index (χ1) is 16.9. The van der Waals surface area contributed by atoms with Crippen LogP contribution in [0.3, 0.4) is 0 Å². The van der Waals surface area contributed by atoms with Gasteiger partial charge in [0, 0.05) is 30.5 Å². The normalized spacial score (nSPS) is 16.0. The van der Waals surface area contributed by atoms with Crippen molar-refractivity contribution in [2.45, 2.75) is 36.8 Å². The summed E-state index contributed by atoms with van der Waals surface area (Å²) in [4.78, 5) is 43.9. The molecule has 0 bridgehead atoms. The van der Waals surface area contributed by atoms with Crippen molar-refractivity contribution in [1.82, 2.24) is 15.2 Å². The SMILES string of the molecule is CN(C(=O)C(Cc1cncs1)NC(=O)OCC1c2ccccc2-c2ccccc21)C1(C(=O)O)CC1. The predicted octanol–water partition coefficient (Wildman–Crippen LogP) is 3.67. The molecule has 5 rings (SSSR count). The van der Waals surface area contributed by atoms with Crippen LogP contribution >= 0.6 is 11.3 Å². The lowest BCUT2D eigenvalue weighted by atomic mass is 9.98. The largest absolute Gasteiger partial charge is 0.479 e. The van der Waals surface area contributed by atoms with Gasteiger partial charge in [0.2, 0.25) is 5.91 Å². The number of carboxylic acids is 1.